The Morgan fingerprint density at radius 1 is 1.19 bits per heavy atom. The van der Waals surface area contributed by atoms with Crippen LogP contribution < -0.4 is 11.1 Å². The van der Waals surface area contributed by atoms with Gasteiger partial charge in [0.25, 0.3) is 0 Å². The second-order valence-electron chi connectivity index (χ2n) is 3.44. The molecule has 3 N–H and O–H groups in total. The Hall–Kier alpha value is -2.17. The quantitative estimate of drug-likeness (QED) is 0.813. The molecule has 1 unspecified atom stereocenters. The van der Waals surface area contributed by atoms with Gasteiger partial charge in [0.2, 0.25) is 11.9 Å². The second kappa shape index (κ2) is 4.57. The highest BCUT2D eigenvalue weighted by molar-refractivity contribution is 5.33. The van der Waals surface area contributed by atoms with Gasteiger partial charge in [-0.25, -0.2) is 9.97 Å². The minimum absolute atomic E-state index is 0.128. The zero-order valence-electron chi connectivity index (χ0n) is 8.96. The summed E-state index contributed by atoms with van der Waals surface area (Å²) in [6.45, 7) is 2.04. The lowest BCUT2D eigenvalue weighted by Gasteiger charge is -2.13. The van der Waals surface area contributed by atoms with Crippen LogP contribution in [0, 0.1) is 0 Å². The van der Waals surface area contributed by atoms with Crippen molar-refractivity contribution in [3.05, 3.63) is 42.2 Å². The molecule has 1 aromatic carbocycles. The number of hydrogen-bond donors (Lipinski definition) is 2. The number of benzene rings is 1. The molecule has 1 heterocycles. The first-order valence-corrected chi connectivity index (χ1v) is 5.01. The zero-order valence-corrected chi connectivity index (χ0v) is 8.96. The first-order chi connectivity index (χ1) is 7.75. The van der Waals surface area contributed by atoms with Crippen LogP contribution in [0.1, 0.15) is 18.5 Å². The average molecular weight is 215 g/mol. The molecule has 1 atom stereocenters. The summed E-state index contributed by atoms with van der Waals surface area (Å²) in [5, 5.41) is 3.16. The first-order valence-electron chi connectivity index (χ1n) is 5.01. The Morgan fingerprint density at radius 3 is 2.62 bits per heavy atom. The molecule has 0 bridgehead atoms. The number of nitrogens with zero attached hydrogens (tertiary/aromatic N) is 3. The van der Waals surface area contributed by atoms with Crippen LogP contribution in [-0.4, -0.2) is 15.0 Å². The van der Waals surface area contributed by atoms with E-state index in [1.807, 2.05) is 37.3 Å². The number of nitrogens with one attached hydrogen (secondary N) is 1. The molecule has 5 heteroatoms. The molecule has 0 aliphatic heterocycles. The summed E-state index contributed by atoms with van der Waals surface area (Å²) in [5.74, 6) is 0.710. The fourth-order valence-corrected chi connectivity index (χ4v) is 1.40. The highest BCUT2D eigenvalue weighted by Crippen LogP contribution is 2.15. The molecule has 2 rings (SSSR count). The lowest BCUT2D eigenvalue weighted by atomic mass is 10.1. The fraction of sp³-hybridized carbons (Fsp3) is 0.182. The molecule has 0 fully saturated rings. The molecule has 5 nitrogen and oxygen atoms in total. The van der Waals surface area contributed by atoms with Crippen LogP contribution in [0.15, 0.2) is 36.7 Å². The molecule has 0 saturated carbocycles. The van der Waals surface area contributed by atoms with Crippen molar-refractivity contribution < 1.29 is 0 Å². The summed E-state index contributed by atoms with van der Waals surface area (Å²) >= 11 is 0. The van der Waals surface area contributed by atoms with Gasteiger partial charge < -0.3 is 11.1 Å². The number of aromatic nitrogens is 3. The smallest absolute Gasteiger partial charge is 0.227 e. The van der Waals surface area contributed by atoms with Crippen molar-refractivity contribution >= 4 is 11.9 Å². The Balaban J connectivity index is 2.11. The maximum atomic E-state index is 5.47. The Morgan fingerprint density at radius 2 is 1.94 bits per heavy atom. The Labute approximate surface area is 93.8 Å². The van der Waals surface area contributed by atoms with E-state index >= 15 is 0 Å². The molecule has 0 saturated heterocycles. The van der Waals surface area contributed by atoms with E-state index in [2.05, 4.69) is 20.3 Å². The lowest BCUT2D eigenvalue weighted by Crippen LogP contribution is -2.10. The summed E-state index contributed by atoms with van der Waals surface area (Å²) in [5.41, 5.74) is 6.64. The van der Waals surface area contributed by atoms with E-state index in [-0.39, 0.29) is 12.0 Å². The maximum Gasteiger partial charge on any atom is 0.227 e. The molecule has 0 aliphatic carbocycles. The van der Waals surface area contributed by atoms with Crippen LogP contribution in [-0.2, 0) is 0 Å². The fourth-order valence-electron chi connectivity index (χ4n) is 1.40. The largest absolute Gasteiger partial charge is 0.368 e. The number of anilines is 2. The monoisotopic (exact) mass is 215 g/mol. The predicted octanol–water partition coefficient (Wildman–Crippen LogP) is 1.63. The highest BCUT2D eigenvalue weighted by Gasteiger charge is 2.06. The number of rotatable bonds is 3. The normalized spacial score (nSPS) is 12.1. The van der Waals surface area contributed by atoms with Crippen molar-refractivity contribution in [2.75, 3.05) is 11.1 Å². The molecular formula is C11H13N5. The van der Waals surface area contributed by atoms with Gasteiger partial charge in [-0.3, -0.25) is 0 Å². The molecule has 0 spiro atoms. The lowest BCUT2D eigenvalue weighted by molar-refractivity contribution is 0.855. The van der Waals surface area contributed by atoms with Crippen LogP contribution in [0.5, 0.6) is 0 Å². The topological polar surface area (TPSA) is 76.7 Å². The third-order valence-electron chi connectivity index (χ3n) is 2.24. The number of nitrogen functional groups attached to an aromatic ring is 1. The van der Waals surface area contributed by atoms with Gasteiger partial charge >= 0.3 is 0 Å². The predicted molar refractivity (Wildman–Crippen MR) is 62.7 cm³/mol. The molecule has 1 aromatic heterocycles. The van der Waals surface area contributed by atoms with E-state index in [9.17, 15) is 0 Å². The van der Waals surface area contributed by atoms with Crippen molar-refractivity contribution in [3.63, 3.8) is 0 Å². The molecule has 0 amide bonds. The van der Waals surface area contributed by atoms with E-state index in [0.29, 0.717) is 5.95 Å². The van der Waals surface area contributed by atoms with Crippen molar-refractivity contribution in [1.29, 1.82) is 0 Å². The SMILES string of the molecule is CC(Nc1ncnc(N)n1)c1ccccc1. The van der Waals surface area contributed by atoms with E-state index < -0.39 is 0 Å². The Bertz CT molecular complexity index is 457. The van der Waals surface area contributed by atoms with Crippen LogP contribution in [0.25, 0.3) is 0 Å². The number of hydrogen-bond acceptors (Lipinski definition) is 5. The summed E-state index contributed by atoms with van der Waals surface area (Å²) in [6.07, 6.45) is 1.39. The van der Waals surface area contributed by atoms with Crippen molar-refractivity contribution in [2.24, 2.45) is 0 Å². The van der Waals surface area contributed by atoms with Gasteiger partial charge in [0.1, 0.15) is 6.33 Å². The minimum atomic E-state index is 0.128. The van der Waals surface area contributed by atoms with Gasteiger partial charge in [-0.15, -0.1) is 0 Å². The van der Waals surface area contributed by atoms with Crippen LogP contribution in [0.4, 0.5) is 11.9 Å². The summed E-state index contributed by atoms with van der Waals surface area (Å²) in [6, 6.07) is 10.2. The zero-order chi connectivity index (χ0) is 11.4. The molecular weight excluding hydrogens is 202 g/mol. The summed E-state index contributed by atoms with van der Waals surface area (Å²) in [7, 11) is 0. The van der Waals surface area contributed by atoms with Gasteiger partial charge in [0.05, 0.1) is 6.04 Å². The Kier molecular flexibility index (Phi) is 2.95. The minimum Gasteiger partial charge on any atom is -0.368 e. The van der Waals surface area contributed by atoms with E-state index in [0.717, 1.165) is 0 Å². The first kappa shape index (κ1) is 10.4. The van der Waals surface area contributed by atoms with E-state index in [4.69, 9.17) is 5.73 Å². The van der Waals surface area contributed by atoms with Gasteiger partial charge in [0, 0.05) is 0 Å². The molecule has 16 heavy (non-hydrogen) atoms. The highest BCUT2D eigenvalue weighted by atomic mass is 15.2. The second-order valence-corrected chi connectivity index (χ2v) is 3.44. The van der Waals surface area contributed by atoms with Crippen molar-refractivity contribution in [2.45, 2.75) is 13.0 Å². The molecule has 82 valence electrons. The van der Waals surface area contributed by atoms with Gasteiger partial charge in [0.15, 0.2) is 0 Å². The van der Waals surface area contributed by atoms with Crippen molar-refractivity contribution in [1.82, 2.24) is 15.0 Å². The average Bonchev–Trinajstić information content (AvgIpc) is 2.30. The van der Waals surface area contributed by atoms with Crippen LogP contribution in [0.3, 0.4) is 0 Å². The van der Waals surface area contributed by atoms with Gasteiger partial charge in [-0.05, 0) is 12.5 Å². The summed E-state index contributed by atoms with van der Waals surface area (Å²) < 4.78 is 0. The van der Waals surface area contributed by atoms with Crippen LogP contribution >= 0.6 is 0 Å². The summed E-state index contributed by atoms with van der Waals surface area (Å²) in [4.78, 5) is 11.7. The molecule has 2 aromatic rings. The third-order valence-corrected chi connectivity index (χ3v) is 2.24. The van der Waals surface area contributed by atoms with Crippen LogP contribution in [0.2, 0.25) is 0 Å². The van der Waals surface area contributed by atoms with E-state index in [1.54, 1.807) is 0 Å². The van der Waals surface area contributed by atoms with Crippen molar-refractivity contribution in [3.8, 4) is 0 Å². The molecule has 0 aliphatic rings. The van der Waals surface area contributed by atoms with Gasteiger partial charge in [-0.2, -0.15) is 4.98 Å². The third kappa shape index (κ3) is 2.44. The van der Waals surface area contributed by atoms with E-state index in [1.165, 1.54) is 11.9 Å². The standard InChI is InChI=1S/C11H13N5/c1-8(9-5-3-2-4-6-9)15-11-14-7-13-10(12)16-11/h2-8H,1H3,(H3,12,13,14,15,16). The maximum absolute atomic E-state index is 5.47. The molecule has 0 radical (unpaired) electrons. The van der Waals surface area contributed by atoms with Gasteiger partial charge in [-0.1, -0.05) is 30.3 Å². The number of nitrogens with two attached hydrogens (primary N) is 1.